The number of Topliss-reactive ketones (excluding diaryl/α,β-unsaturated/α-hetero) is 1. The van der Waals surface area contributed by atoms with Crippen LogP contribution in [0.4, 0.5) is 18.9 Å². The number of carbonyl (C=O) groups is 1. The number of benzene rings is 1. The highest BCUT2D eigenvalue weighted by Gasteiger charge is 2.36. The fourth-order valence-corrected chi connectivity index (χ4v) is 2.42. The van der Waals surface area contributed by atoms with E-state index in [2.05, 4.69) is 0 Å². The Labute approximate surface area is 114 Å². The van der Waals surface area contributed by atoms with Crippen LogP contribution < -0.4 is 4.90 Å². The monoisotopic (exact) mass is 291 g/mol. The number of ketones is 1. The molecule has 2 rings (SSSR count). The first kappa shape index (κ1) is 14.2. The van der Waals surface area contributed by atoms with Gasteiger partial charge in [-0.25, -0.2) is 0 Å². The van der Waals surface area contributed by atoms with Crippen LogP contribution in [-0.4, -0.2) is 18.9 Å². The van der Waals surface area contributed by atoms with Crippen molar-refractivity contribution in [2.24, 2.45) is 5.92 Å². The predicted octanol–water partition coefficient (Wildman–Crippen LogP) is 3.77. The van der Waals surface area contributed by atoms with Gasteiger partial charge in [0.1, 0.15) is 5.78 Å². The standard InChI is InChI=1S/C13H13ClF3NO/c1-8-7-18(5-4-12(8)19)11-3-2-9(14)6-10(11)13(15,16)17/h2-3,6,8H,4-5,7H2,1H3. The lowest BCUT2D eigenvalue weighted by Crippen LogP contribution is -2.40. The molecule has 1 atom stereocenters. The summed E-state index contributed by atoms with van der Waals surface area (Å²) in [4.78, 5) is 13.0. The number of piperidine rings is 1. The Balaban J connectivity index is 2.37. The summed E-state index contributed by atoms with van der Waals surface area (Å²) in [7, 11) is 0. The second kappa shape index (κ2) is 5.04. The minimum Gasteiger partial charge on any atom is -0.370 e. The van der Waals surface area contributed by atoms with Crippen molar-refractivity contribution in [3.05, 3.63) is 28.8 Å². The molecule has 1 aliphatic rings. The quantitative estimate of drug-likeness (QED) is 0.785. The Bertz CT molecular complexity index is 501. The summed E-state index contributed by atoms with van der Waals surface area (Å²) in [5, 5.41) is 0.0530. The van der Waals surface area contributed by atoms with Gasteiger partial charge in [-0.1, -0.05) is 18.5 Å². The number of carbonyl (C=O) groups excluding carboxylic acids is 1. The Kier molecular flexibility index (Phi) is 3.76. The molecular weight excluding hydrogens is 279 g/mol. The fourth-order valence-electron chi connectivity index (χ4n) is 2.25. The molecule has 1 unspecified atom stereocenters. The highest BCUT2D eigenvalue weighted by atomic mass is 35.5. The molecule has 0 N–H and O–H groups in total. The lowest BCUT2D eigenvalue weighted by Gasteiger charge is -2.33. The first-order valence-electron chi connectivity index (χ1n) is 5.93. The fraction of sp³-hybridized carbons (Fsp3) is 0.462. The molecule has 1 fully saturated rings. The van der Waals surface area contributed by atoms with Gasteiger partial charge in [0.05, 0.1) is 5.56 Å². The average Bonchev–Trinajstić information content (AvgIpc) is 2.32. The number of hydrogen-bond acceptors (Lipinski definition) is 2. The normalized spacial score (nSPS) is 20.8. The summed E-state index contributed by atoms with van der Waals surface area (Å²) in [5.41, 5.74) is -0.655. The molecule has 0 amide bonds. The van der Waals surface area contributed by atoms with E-state index in [4.69, 9.17) is 11.6 Å². The third-order valence-electron chi connectivity index (χ3n) is 3.28. The van der Waals surface area contributed by atoms with Crippen molar-refractivity contribution >= 4 is 23.1 Å². The van der Waals surface area contributed by atoms with Gasteiger partial charge in [-0.15, -0.1) is 0 Å². The van der Waals surface area contributed by atoms with E-state index >= 15 is 0 Å². The topological polar surface area (TPSA) is 20.3 Å². The van der Waals surface area contributed by atoms with Crippen LogP contribution in [0.1, 0.15) is 18.9 Å². The molecule has 0 aromatic heterocycles. The van der Waals surface area contributed by atoms with E-state index in [9.17, 15) is 18.0 Å². The van der Waals surface area contributed by atoms with Crippen LogP contribution in [-0.2, 0) is 11.0 Å². The van der Waals surface area contributed by atoms with E-state index in [1.165, 1.54) is 12.1 Å². The van der Waals surface area contributed by atoms with Gasteiger partial charge in [0.15, 0.2) is 0 Å². The maximum Gasteiger partial charge on any atom is 0.418 e. The van der Waals surface area contributed by atoms with Crippen molar-refractivity contribution in [1.29, 1.82) is 0 Å². The van der Waals surface area contributed by atoms with E-state index in [0.717, 1.165) is 6.07 Å². The number of nitrogens with zero attached hydrogens (tertiary/aromatic N) is 1. The lowest BCUT2D eigenvalue weighted by molar-refractivity contribution is -0.137. The van der Waals surface area contributed by atoms with Gasteiger partial charge in [0.2, 0.25) is 0 Å². The highest BCUT2D eigenvalue weighted by molar-refractivity contribution is 6.30. The smallest absolute Gasteiger partial charge is 0.370 e. The van der Waals surface area contributed by atoms with E-state index in [1.54, 1.807) is 11.8 Å². The Hall–Kier alpha value is -1.23. The van der Waals surface area contributed by atoms with Crippen molar-refractivity contribution in [3.8, 4) is 0 Å². The zero-order valence-corrected chi connectivity index (χ0v) is 11.1. The van der Waals surface area contributed by atoms with E-state index in [-0.39, 0.29) is 28.8 Å². The molecule has 0 aliphatic carbocycles. The van der Waals surface area contributed by atoms with E-state index in [1.807, 2.05) is 0 Å². The molecule has 1 aliphatic heterocycles. The van der Waals surface area contributed by atoms with E-state index < -0.39 is 11.7 Å². The molecule has 0 radical (unpaired) electrons. The van der Waals surface area contributed by atoms with Gasteiger partial charge < -0.3 is 4.90 Å². The summed E-state index contributed by atoms with van der Waals surface area (Å²) in [5.74, 6) is -0.149. The van der Waals surface area contributed by atoms with Crippen molar-refractivity contribution < 1.29 is 18.0 Å². The number of alkyl halides is 3. The van der Waals surface area contributed by atoms with Crippen LogP contribution in [0.3, 0.4) is 0 Å². The van der Waals surface area contributed by atoms with Crippen molar-refractivity contribution in [2.45, 2.75) is 19.5 Å². The SMILES string of the molecule is CC1CN(c2ccc(Cl)cc2C(F)(F)F)CCC1=O. The van der Waals surface area contributed by atoms with Crippen LogP contribution in [0, 0.1) is 5.92 Å². The van der Waals surface area contributed by atoms with Crippen LogP contribution in [0.15, 0.2) is 18.2 Å². The third-order valence-corrected chi connectivity index (χ3v) is 3.51. The molecule has 104 valence electrons. The Morgan fingerprint density at radius 1 is 1.37 bits per heavy atom. The summed E-state index contributed by atoms with van der Waals surface area (Å²) < 4.78 is 39.0. The largest absolute Gasteiger partial charge is 0.418 e. The molecule has 0 spiro atoms. The maximum atomic E-state index is 13.0. The molecule has 0 saturated carbocycles. The summed E-state index contributed by atoms with van der Waals surface area (Å²) >= 11 is 5.64. The van der Waals surface area contributed by atoms with Crippen molar-refractivity contribution in [2.75, 3.05) is 18.0 Å². The van der Waals surface area contributed by atoms with Gasteiger partial charge in [0, 0.05) is 36.1 Å². The zero-order valence-electron chi connectivity index (χ0n) is 10.3. The minimum absolute atomic E-state index is 0.0530. The minimum atomic E-state index is -4.45. The first-order chi connectivity index (χ1) is 8.79. The number of anilines is 1. The van der Waals surface area contributed by atoms with Gasteiger partial charge in [-0.2, -0.15) is 13.2 Å². The summed E-state index contributed by atoms with van der Waals surface area (Å²) in [6.45, 7) is 2.36. The van der Waals surface area contributed by atoms with Crippen molar-refractivity contribution in [1.82, 2.24) is 0 Å². The molecule has 1 heterocycles. The second-order valence-electron chi connectivity index (χ2n) is 4.72. The first-order valence-corrected chi connectivity index (χ1v) is 6.31. The second-order valence-corrected chi connectivity index (χ2v) is 5.16. The molecule has 1 aromatic rings. The molecular formula is C13H13ClF3NO. The molecule has 1 aromatic carbocycles. The van der Waals surface area contributed by atoms with Gasteiger partial charge >= 0.3 is 6.18 Å². The molecule has 0 bridgehead atoms. The van der Waals surface area contributed by atoms with Crippen molar-refractivity contribution in [3.63, 3.8) is 0 Å². The zero-order chi connectivity index (χ0) is 14.2. The highest BCUT2D eigenvalue weighted by Crippen LogP contribution is 2.39. The summed E-state index contributed by atoms with van der Waals surface area (Å²) in [6, 6.07) is 3.73. The van der Waals surface area contributed by atoms with E-state index in [0.29, 0.717) is 13.1 Å². The maximum absolute atomic E-state index is 13.0. The predicted molar refractivity (Wildman–Crippen MR) is 67.5 cm³/mol. The van der Waals surface area contributed by atoms with Gasteiger partial charge in [-0.3, -0.25) is 4.79 Å². The molecule has 19 heavy (non-hydrogen) atoms. The van der Waals surface area contributed by atoms with Crippen LogP contribution in [0.5, 0.6) is 0 Å². The number of hydrogen-bond donors (Lipinski definition) is 0. The lowest BCUT2D eigenvalue weighted by atomic mass is 9.97. The van der Waals surface area contributed by atoms with Gasteiger partial charge in [0.25, 0.3) is 0 Å². The van der Waals surface area contributed by atoms with Crippen LogP contribution in [0.2, 0.25) is 5.02 Å². The number of rotatable bonds is 1. The Morgan fingerprint density at radius 3 is 2.63 bits per heavy atom. The average molecular weight is 292 g/mol. The van der Waals surface area contributed by atoms with Crippen LogP contribution >= 0.6 is 11.6 Å². The number of halogens is 4. The van der Waals surface area contributed by atoms with Gasteiger partial charge in [-0.05, 0) is 18.2 Å². The molecule has 1 saturated heterocycles. The summed E-state index contributed by atoms with van der Waals surface area (Å²) in [6.07, 6.45) is -4.17. The van der Waals surface area contributed by atoms with Crippen LogP contribution in [0.25, 0.3) is 0 Å². The Morgan fingerprint density at radius 2 is 2.05 bits per heavy atom. The molecule has 2 nitrogen and oxygen atoms in total. The molecule has 6 heteroatoms. The third kappa shape index (κ3) is 3.03.